The molecule has 1 saturated carbocycles. The predicted octanol–water partition coefficient (Wildman–Crippen LogP) is -0.656. The lowest BCUT2D eigenvalue weighted by Gasteiger charge is -2.26. The molecule has 1 heterocycles. The van der Waals surface area contributed by atoms with Crippen molar-refractivity contribution >= 4 is 5.91 Å². The third-order valence-corrected chi connectivity index (χ3v) is 3.23. The minimum atomic E-state index is -0.168. The van der Waals surface area contributed by atoms with Crippen molar-refractivity contribution in [2.45, 2.75) is 38.3 Å². The molecule has 0 aliphatic heterocycles. The molecule has 7 nitrogen and oxygen atoms in total. The van der Waals surface area contributed by atoms with Crippen LogP contribution < -0.4 is 11.1 Å². The quantitative estimate of drug-likeness (QED) is 0.725. The first-order valence-corrected chi connectivity index (χ1v) is 5.90. The number of hydrogen-bond donors (Lipinski definition) is 2. The zero-order valence-electron chi connectivity index (χ0n) is 9.96. The summed E-state index contributed by atoms with van der Waals surface area (Å²) >= 11 is 0. The number of aryl methyl sites for hydroxylation is 1. The van der Waals surface area contributed by atoms with E-state index >= 15 is 0 Å². The first-order valence-electron chi connectivity index (χ1n) is 5.90. The first kappa shape index (κ1) is 12.0. The average molecular weight is 238 g/mol. The maximum absolute atomic E-state index is 11.0. The summed E-state index contributed by atoms with van der Waals surface area (Å²) in [5, 5.41) is 15.2. The third-order valence-electron chi connectivity index (χ3n) is 3.23. The Bertz CT molecular complexity index is 382. The van der Waals surface area contributed by atoms with E-state index in [1.165, 1.54) is 4.80 Å². The molecule has 2 rings (SSSR count). The van der Waals surface area contributed by atoms with Crippen LogP contribution in [0.4, 0.5) is 0 Å². The second-order valence-electron chi connectivity index (χ2n) is 4.53. The molecule has 0 unspecified atom stereocenters. The molecule has 0 radical (unpaired) electrons. The van der Waals surface area contributed by atoms with Crippen molar-refractivity contribution in [2.24, 2.45) is 18.7 Å². The minimum absolute atomic E-state index is 0.0580. The van der Waals surface area contributed by atoms with Gasteiger partial charge in [0.15, 0.2) is 5.82 Å². The molecule has 7 heteroatoms. The summed E-state index contributed by atoms with van der Waals surface area (Å²) in [7, 11) is 1.74. The van der Waals surface area contributed by atoms with Gasteiger partial charge in [-0.3, -0.25) is 4.79 Å². The number of carbonyl (C=O) groups is 1. The fraction of sp³-hybridized carbons (Fsp3) is 0.800. The molecule has 0 spiro atoms. The predicted molar refractivity (Wildman–Crippen MR) is 60.6 cm³/mol. The van der Waals surface area contributed by atoms with Gasteiger partial charge in [0.2, 0.25) is 5.91 Å². The fourth-order valence-corrected chi connectivity index (χ4v) is 2.21. The Hall–Kier alpha value is -1.50. The third kappa shape index (κ3) is 3.23. The number of nitrogens with one attached hydrogen (secondary N) is 1. The van der Waals surface area contributed by atoms with Gasteiger partial charge >= 0.3 is 0 Å². The summed E-state index contributed by atoms with van der Waals surface area (Å²) in [4.78, 5) is 12.5. The van der Waals surface area contributed by atoms with Gasteiger partial charge in [0.05, 0.1) is 13.6 Å². The lowest BCUT2D eigenvalue weighted by molar-refractivity contribution is -0.122. The number of amides is 1. The van der Waals surface area contributed by atoms with E-state index in [0.717, 1.165) is 25.7 Å². The summed E-state index contributed by atoms with van der Waals surface area (Å²) in [5.74, 6) is 0.589. The number of aromatic nitrogens is 4. The van der Waals surface area contributed by atoms with Gasteiger partial charge in [0.25, 0.3) is 0 Å². The van der Waals surface area contributed by atoms with Gasteiger partial charge in [-0.2, -0.15) is 4.80 Å². The highest BCUT2D eigenvalue weighted by Gasteiger charge is 2.24. The summed E-state index contributed by atoms with van der Waals surface area (Å²) in [6.45, 7) is 0.625. The molecule has 94 valence electrons. The topological polar surface area (TPSA) is 98.7 Å². The number of carbonyl (C=O) groups excluding carboxylic acids is 1. The Morgan fingerprint density at radius 3 is 2.71 bits per heavy atom. The van der Waals surface area contributed by atoms with Gasteiger partial charge in [-0.25, -0.2) is 0 Å². The normalized spacial score (nSPS) is 24.8. The zero-order chi connectivity index (χ0) is 12.3. The molecule has 1 aliphatic carbocycles. The molecule has 0 bridgehead atoms. The number of primary amides is 1. The maximum atomic E-state index is 11.0. The van der Waals surface area contributed by atoms with E-state index in [4.69, 9.17) is 5.73 Å². The summed E-state index contributed by atoms with van der Waals surface area (Å²) in [5.41, 5.74) is 5.29. The molecule has 3 N–H and O–H groups in total. The van der Waals surface area contributed by atoms with Gasteiger partial charge in [-0.15, -0.1) is 10.2 Å². The van der Waals surface area contributed by atoms with Gasteiger partial charge in [0.1, 0.15) is 0 Å². The monoisotopic (exact) mass is 238 g/mol. The maximum Gasteiger partial charge on any atom is 0.220 e. The Morgan fingerprint density at radius 1 is 1.47 bits per heavy atom. The number of tetrazole rings is 1. The molecule has 0 aromatic carbocycles. The highest BCUT2D eigenvalue weighted by atomic mass is 16.1. The minimum Gasteiger partial charge on any atom is -0.369 e. The van der Waals surface area contributed by atoms with Crippen molar-refractivity contribution in [1.82, 2.24) is 25.5 Å². The number of nitrogens with two attached hydrogens (primary N) is 1. The van der Waals surface area contributed by atoms with Gasteiger partial charge in [0, 0.05) is 12.0 Å². The van der Waals surface area contributed by atoms with Crippen LogP contribution in [0.3, 0.4) is 0 Å². The molecule has 17 heavy (non-hydrogen) atoms. The highest BCUT2D eigenvalue weighted by molar-refractivity contribution is 5.76. The van der Waals surface area contributed by atoms with Gasteiger partial charge in [-0.1, -0.05) is 0 Å². The number of nitrogens with zero attached hydrogens (tertiary/aromatic N) is 4. The van der Waals surface area contributed by atoms with Crippen LogP contribution in [0.25, 0.3) is 0 Å². The Labute approximate surface area is 99.7 Å². The second-order valence-corrected chi connectivity index (χ2v) is 4.53. The lowest BCUT2D eigenvalue weighted by atomic mass is 9.85. The van der Waals surface area contributed by atoms with Crippen LogP contribution in [-0.4, -0.2) is 32.2 Å². The largest absolute Gasteiger partial charge is 0.369 e. The van der Waals surface area contributed by atoms with E-state index in [9.17, 15) is 4.79 Å². The van der Waals surface area contributed by atoms with Crippen molar-refractivity contribution in [1.29, 1.82) is 0 Å². The molecule has 0 atom stereocenters. The lowest BCUT2D eigenvalue weighted by Crippen LogP contribution is -2.36. The molecule has 0 saturated heterocycles. The SMILES string of the molecule is Cn1nnc(CNC2CCC(C(N)=O)CC2)n1. The zero-order valence-corrected chi connectivity index (χ0v) is 9.96. The van der Waals surface area contributed by atoms with Crippen molar-refractivity contribution in [3.63, 3.8) is 0 Å². The summed E-state index contributed by atoms with van der Waals surface area (Å²) < 4.78 is 0. The Morgan fingerprint density at radius 2 is 2.18 bits per heavy atom. The van der Waals surface area contributed by atoms with Crippen LogP contribution in [0.15, 0.2) is 0 Å². The van der Waals surface area contributed by atoms with Gasteiger partial charge < -0.3 is 11.1 Å². The van der Waals surface area contributed by atoms with Gasteiger partial charge in [-0.05, 0) is 30.9 Å². The highest BCUT2D eigenvalue weighted by Crippen LogP contribution is 2.23. The molecule has 1 aromatic heterocycles. The van der Waals surface area contributed by atoms with E-state index in [-0.39, 0.29) is 11.8 Å². The van der Waals surface area contributed by atoms with E-state index in [1.807, 2.05) is 0 Å². The first-order chi connectivity index (χ1) is 8.15. The van der Waals surface area contributed by atoms with Crippen molar-refractivity contribution < 1.29 is 4.79 Å². The van der Waals surface area contributed by atoms with Crippen LogP contribution in [0.1, 0.15) is 31.5 Å². The molecule has 1 aromatic rings. The van der Waals surface area contributed by atoms with Crippen LogP contribution in [0.5, 0.6) is 0 Å². The van der Waals surface area contributed by atoms with E-state index in [0.29, 0.717) is 18.4 Å². The summed E-state index contributed by atoms with van der Waals surface area (Å²) in [6, 6.07) is 0.425. The van der Waals surface area contributed by atoms with Crippen LogP contribution in [0.2, 0.25) is 0 Å². The van der Waals surface area contributed by atoms with E-state index in [1.54, 1.807) is 7.05 Å². The van der Waals surface area contributed by atoms with E-state index < -0.39 is 0 Å². The molecule has 1 aliphatic rings. The van der Waals surface area contributed by atoms with Crippen molar-refractivity contribution in [3.8, 4) is 0 Å². The standard InChI is InChI=1S/C10H18N6O/c1-16-14-9(13-15-16)6-12-8-4-2-7(3-5-8)10(11)17/h7-8,12H,2-6H2,1H3,(H2,11,17). The van der Waals surface area contributed by atoms with Crippen LogP contribution in [0, 0.1) is 5.92 Å². The molecule has 1 fully saturated rings. The van der Waals surface area contributed by atoms with Crippen molar-refractivity contribution in [2.75, 3.05) is 0 Å². The smallest absolute Gasteiger partial charge is 0.220 e. The fourth-order valence-electron chi connectivity index (χ4n) is 2.21. The van der Waals surface area contributed by atoms with Crippen LogP contribution in [-0.2, 0) is 18.4 Å². The molecular weight excluding hydrogens is 220 g/mol. The summed E-state index contributed by atoms with van der Waals surface area (Å²) in [6.07, 6.45) is 3.71. The van der Waals surface area contributed by atoms with E-state index in [2.05, 4.69) is 20.7 Å². The number of rotatable bonds is 4. The Balaban J connectivity index is 1.73. The average Bonchev–Trinajstić information content (AvgIpc) is 2.73. The van der Waals surface area contributed by atoms with Crippen LogP contribution >= 0.6 is 0 Å². The van der Waals surface area contributed by atoms with Crippen molar-refractivity contribution in [3.05, 3.63) is 5.82 Å². The molecule has 1 amide bonds. The Kier molecular flexibility index (Phi) is 3.68. The second kappa shape index (κ2) is 5.22. The molecular formula is C10H18N6O. The number of hydrogen-bond acceptors (Lipinski definition) is 5.